The van der Waals surface area contributed by atoms with Crippen molar-refractivity contribution in [2.75, 3.05) is 12.4 Å². The molecule has 0 saturated carbocycles. The van der Waals surface area contributed by atoms with E-state index in [1.54, 1.807) is 0 Å². The second-order valence-electron chi connectivity index (χ2n) is 3.92. The molecule has 0 amide bonds. The zero-order valence-corrected chi connectivity index (χ0v) is 12.1. The van der Waals surface area contributed by atoms with Crippen LogP contribution in [0.1, 0.15) is 37.1 Å². The Bertz CT molecular complexity index is 452. The Morgan fingerprint density at radius 2 is 2.05 bits per heavy atom. The van der Waals surface area contributed by atoms with Crippen molar-refractivity contribution < 1.29 is 10.3 Å². The maximum atomic E-state index is 8.93. The number of hydrogen-bond acceptors (Lipinski definition) is 6. The van der Waals surface area contributed by atoms with Crippen molar-refractivity contribution in [2.45, 2.75) is 38.1 Å². The fourth-order valence-electron chi connectivity index (χ4n) is 1.80. The van der Waals surface area contributed by atoms with Crippen molar-refractivity contribution in [1.29, 1.82) is 0 Å². The first-order chi connectivity index (χ1) is 9.19. The van der Waals surface area contributed by atoms with Crippen LogP contribution in [0.25, 0.3) is 0 Å². The molecular formula is C12H20N4O2S. The summed E-state index contributed by atoms with van der Waals surface area (Å²) in [7, 11) is 0. The molecule has 4 N–H and O–H groups in total. The van der Waals surface area contributed by atoms with E-state index in [-0.39, 0.29) is 12.4 Å². The number of aromatic nitrogens is 2. The first kappa shape index (κ1) is 15.7. The highest BCUT2D eigenvalue weighted by Crippen LogP contribution is 2.25. The molecule has 0 atom stereocenters. The number of rotatable bonds is 7. The van der Waals surface area contributed by atoms with Gasteiger partial charge in [0.2, 0.25) is 0 Å². The van der Waals surface area contributed by atoms with Gasteiger partial charge in [-0.2, -0.15) is 5.10 Å². The largest absolute Gasteiger partial charge is 0.409 e. The minimum absolute atomic E-state index is 0.0629. The van der Waals surface area contributed by atoms with E-state index in [1.807, 2.05) is 13.8 Å². The lowest BCUT2D eigenvalue weighted by Gasteiger charge is -2.13. The number of aliphatic hydroxyl groups is 1. The van der Waals surface area contributed by atoms with Gasteiger partial charge in [0.05, 0.1) is 11.3 Å². The van der Waals surface area contributed by atoms with E-state index in [2.05, 4.69) is 15.4 Å². The van der Waals surface area contributed by atoms with Gasteiger partial charge in [-0.25, -0.2) is 0 Å². The van der Waals surface area contributed by atoms with Crippen LogP contribution < -0.4 is 5.73 Å². The third-order valence-electron chi connectivity index (χ3n) is 2.72. The zero-order valence-electron chi connectivity index (χ0n) is 11.3. The number of oxime groups is 1. The fourth-order valence-corrected chi connectivity index (χ4v) is 2.74. The second-order valence-corrected chi connectivity index (χ2v) is 5.01. The minimum Gasteiger partial charge on any atom is -0.409 e. The van der Waals surface area contributed by atoms with E-state index in [1.165, 1.54) is 11.8 Å². The SMILES string of the molecule is CCc1nnc(SCCCO)c(C(N)=NO)c1CC. The van der Waals surface area contributed by atoms with Gasteiger partial charge in [-0.3, -0.25) is 0 Å². The van der Waals surface area contributed by atoms with Gasteiger partial charge in [-0.15, -0.1) is 16.9 Å². The quantitative estimate of drug-likeness (QED) is 0.173. The molecule has 6 nitrogen and oxygen atoms in total. The number of hydrogen-bond donors (Lipinski definition) is 3. The molecule has 0 saturated heterocycles. The Morgan fingerprint density at radius 1 is 1.32 bits per heavy atom. The highest BCUT2D eigenvalue weighted by atomic mass is 32.2. The molecule has 0 spiro atoms. The molecule has 1 aromatic rings. The number of nitrogens with two attached hydrogens (primary N) is 1. The van der Waals surface area contributed by atoms with Crippen LogP contribution in [0.3, 0.4) is 0 Å². The molecule has 106 valence electrons. The summed E-state index contributed by atoms with van der Waals surface area (Å²) in [4.78, 5) is 0. The van der Waals surface area contributed by atoms with E-state index in [0.29, 0.717) is 22.8 Å². The van der Waals surface area contributed by atoms with Gasteiger partial charge in [0.1, 0.15) is 5.03 Å². The Balaban J connectivity index is 3.22. The van der Waals surface area contributed by atoms with Gasteiger partial charge >= 0.3 is 0 Å². The van der Waals surface area contributed by atoms with Gasteiger partial charge in [-0.1, -0.05) is 19.0 Å². The third-order valence-corrected chi connectivity index (χ3v) is 3.77. The molecule has 0 radical (unpaired) electrons. The van der Waals surface area contributed by atoms with Crippen LogP contribution in [0.5, 0.6) is 0 Å². The first-order valence-corrected chi connectivity index (χ1v) is 7.28. The molecule has 0 aromatic carbocycles. The number of aliphatic hydroxyl groups excluding tert-OH is 1. The summed E-state index contributed by atoms with van der Waals surface area (Å²) < 4.78 is 0. The van der Waals surface area contributed by atoms with Crippen LogP contribution in [0.15, 0.2) is 10.2 Å². The fraction of sp³-hybridized carbons (Fsp3) is 0.583. The van der Waals surface area contributed by atoms with Crippen LogP contribution >= 0.6 is 11.8 Å². The zero-order chi connectivity index (χ0) is 14.3. The lowest BCUT2D eigenvalue weighted by Crippen LogP contribution is -2.20. The van der Waals surface area contributed by atoms with Crippen molar-refractivity contribution in [3.8, 4) is 0 Å². The summed E-state index contributed by atoms with van der Waals surface area (Å²) >= 11 is 1.46. The normalized spacial score (nSPS) is 11.8. The van der Waals surface area contributed by atoms with Crippen LogP contribution in [-0.4, -0.2) is 38.7 Å². The second kappa shape index (κ2) is 7.96. The summed E-state index contributed by atoms with van der Waals surface area (Å²) in [5.41, 5.74) is 8.28. The van der Waals surface area contributed by atoms with Crippen molar-refractivity contribution in [3.63, 3.8) is 0 Å². The van der Waals surface area contributed by atoms with E-state index in [0.717, 1.165) is 24.1 Å². The van der Waals surface area contributed by atoms with E-state index in [4.69, 9.17) is 16.0 Å². The highest BCUT2D eigenvalue weighted by molar-refractivity contribution is 7.99. The molecule has 0 unspecified atom stereocenters. The molecule has 0 fully saturated rings. The standard InChI is InChI=1S/C12H20N4O2S/c1-3-8-9(4-2)14-15-12(19-7-5-6-17)10(8)11(13)16-18/h17-18H,3-7H2,1-2H3,(H2,13,16). The van der Waals surface area contributed by atoms with E-state index >= 15 is 0 Å². The predicted molar refractivity (Wildman–Crippen MR) is 75.7 cm³/mol. The molecule has 1 heterocycles. The number of thioether (sulfide) groups is 1. The Morgan fingerprint density at radius 3 is 2.58 bits per heavy atom. The number of nitrogens with zero attached hydrogens (tertiary/aromatic N) is 3. The summed E-state index contributed by atoms with van der Waals surface area (Å²) in [5, 5.41) is 29.9. The monoisotopic (exact) mass is 284 g/mol. The Hall–Kier alpha value is -1.34. The molecule has 0 bridgehead atoms. The molecule has 0 aliphatic heterocycles. The molecule has 19 heavy (non-hydrogen) atoms. The molecule has 7 heteroatoms. The van der Waals surface area contributed by atoms with Crippen LogP contribution in [0, 0.1) is 0 Å². The van der Waals surface area contributed by atoms with E-state index < -0.39 is 0 Å². The van der Waals surface area contributed by atoms with Gasteiger partial charge in [0.15, 0.2) is 5.84 Å². The average molecular weight is 284 g/mol. The van der Waals surface area contributed by atoms with Crippen molar-refractivity contribution in [2.24, 2.45) is 10.9 Å². The van der Waals surface area contributed by atoms with Gasteiger partial charge in [0, 0.05) is 12.4 Å². The van der Waals surface area contributed by atoms with Gasteiger partial charge < -0.3 is 16.0 Å². The first-order valence-electron chi connectivity index (χ1n) is 6.29. The van der Waals surface area contributed by atoms with Crippen molar-refractivity contribution in [1.82, 2.24) is 10.2 Å². The van der Waals surface area contributed by atoms with Crippen molar-refractivity contribution >= 4 is 17.6 Å². The lowest BCUT2D eigenvalue weighted by molar-refractivity contribution is 0.296. The Kier molecular flexibility index (Phi) is 6.58. The van der Waals surface area contributed by atoms with Gasteiger partial charge in [0.25, 0.3) is 0 Å². The van der Waals surface area contributed by atoms with E-state index in [9.17, 15) is 0 Å². The minimum atomic E-state index is 0.0629. The topological polar surface area (TPSA) is 105 Å². The Labute approximate surface area is 117 Å². The molecule has 0 aliphatic carbocycles. The number of amidine groups is 1. The molecule has 1 aromatic heterocycles. The smallest absolute Gasteiger partial charge is 0.173 e. The predicted octanol–water partition coefficient (Wildman–Crippen LogP) is 1.17. The highest BCUT2D eigenvalue weighted by Gasteiger charge is 2.18. The average Bonchev–Trinajstić information content (AvgIpc) is 2.45. The van der Waals surface area contributed by atoms with Crippen LogP contribution in [-0.2, 0) is 12.8 Å². The third kappa shape index (κ3) is 3.81. The summed E-state index contributed by atoms with van der Waals surface area (Å²) in [6.45, 7) is 4.14. The summed E-state index contributed by atoms with van der Waals surface area (Å²) in [6.07, 6.45) is 2.17. The molecule has 1 rings (SSSR count). The molecular weight excluding hydrogens is 264 g/mol. The molecule has 0 aliphatic rings. The summed E-state index contributed by atoms with van der Waals surface area (Å²) in [6, 6.07) is 0. The van der Waals surface area contributed by atoms with Crippen molar-refractivity contribution in [3.05, 3.63) is 16.8 Å². The lowest BCUT2D eigenvalue weighted by atomic mass is 10.0. The van der Waals surface area contributed by atoms with Crippen LogP contribution in [0.4, 0.5) is 0 Å². The maximum Gasteiger partial charge on any atom is 0.173 e. The van der Waals surface area contributed by atoms with Crippen LogP contribution in [0.2, 0.25) is 0 Å². The number of aryl methyl sites for hydroxylation is 1. The summed E-state index contributed by atoms with van der Waals surface area (Å²) in [5.74, 6) is 0.777. The van der Waals surface area contributed by atoms with Gasteiger partial charge in [-0.05, 0) is 24.8 Å². The maximum absolute atomic E-state index is 8.93.